The molecule has 0 aromatic heterocycles. The summed E-state index contributed by atoms with van der Waals surface area (Å²) < 4.78 is 0. The van der Waals surface area contributed by atoms with Crippen LogP contribution in [0.4, 0.5) is 0 Å². The summed E-state index contributed by atoms with van der Waals surface area (Å²) in [7, 11) is 0. The summed E-state index contributed by atoms with van der Waals surface area (Å²) in [5, 5.41) is 10.1. The number of benzene rings is 1. The molecule has 0 bridgehead atoms. The molecule has 1 N–H and O–H groups in total. The zero-order chi connectivity index (χ0) is 10.5. The number of aliphatic hydroxyl groups excluding tert-OH is 1. The van der Waals surface area contributed by atoms with Crippen LogP contribution in [0.2, 0.25) is 0 Å². The van der Waals surface area contributed by atoms with Gasteiger partial charge in [0, 0.05) is 0 Å². The van der Waals surface area contributed by atoms with Crippen molar-refractivity contribution in [2.45, 2.75) is 40.2 Å². The molecule has 1 aliphatic rings. The van der Waals surface area contributed by atoms with Crippen LogP contribution in [0.3, 0.4) is 0 Å². The summed E-state index contributed by atoms with van der Waals surface area (Å²) in [6.45, 7) is 8.49. The lowest BCUT2D eigenvalue weighted by molar-refractivity contribution is 0.0665. The Kier molecular flexibility index (Phi) is 1.97. The fraction of sp³-hybridized carbons (Fsp3) is 0.538. The lowest BCUT2D eigenvalue weighted by atomic mass is 9.87. The van der Waals surface area contributed by atoms with Crippen LogP contribution in [-0.2, 0) is 6.42 Å². The Morgan fingerprint density at radius 1 is 1.21 bits per heavy atom. The maximum absolute atomic E-state index is 10.1. The highest BCUT2D eigenvalue weighted by atomic mass is 16.3. The second kappa shape index (κ2) is 2.83. The Labute approximate surface area is 85.8 Å². The smallest absolute Gasteiger partial charge is 0.0846 e. The maximum Gasteiger partial charge on any atom is 0.0846 e. The molecule has 1 aromatic carbocycles. The van der Waals surface area contributed by atoms with E-state index in [-0.39, 0.29) is 11.5 Å². The van der Waals surface area contributed by atoms with E-state index >= 15 is 0 Å². The van der Waals surface area contributed by atoms with Gasteiger partial charge in [-0.05, 0) is 47.9 Å². The van der Waals surface area contributed by atoms with Gasteiger partial charge in [-0.15, -0.1) is 0 Å². The van der Waals surface area contributed by atoms with Gasteiger partial charge in [-0.2, -0.15) is 0 Å². The normalized spacial score (nSPS) is 23.6. The predicted molar refractivity (Wildman–Crippen MR) is 58.4 cm³/mol. The van der Waals surface area contributed by atoms with Gasteiger partial charge in [0.05, 0.1) is 6.10 Å². The molecule has 1 nitrogen and oxygen atoms in total. The van der Waals surface area contributed by atoms with Crippen molar-refractivity contribution in [3.8, 4) is 0 Å². The van der Waals surface area contributed by atoms with Gasteiger partial charge in [0.1, 0.15) is 0 Å². The van der Waals surface area contributed by atoms with Gasteiger partial charge in [0.15, 0.2) is 0 Å². The molecule has 0 spiro atoms. The molecular weight excluding hydrogens is 172 g/mol. The second-order valence-electron chi connectivity index (χ2n) is 5.20. The SMILES string of the molecule is Cc1cc2c(cc1C)C(O)C(C)(C)C2. The van der Waals surface area contributed by atoms with Crippen LogP contribution in [0.15, 0.2) is 12.1 Å². The quantitative estimate of drug-likeness (QED) is 0.667. The monoisotopic (exact) mass is 190 g/mol. The van der Waals surface area contributed by atoms with Gasteiger partial charge in [-0.1, -0.05) is 26.0 Å². The van der Waals surface area contributed by atoms with Gasteiger partial charge in [0.2, 0.25) is 0 Å². The van der Waals surface area contributed by atoms with Crippen molar-refractivity contribution in [3.63, 3.8) is 0 Å². The molecule has 0 radical (unpaired) electrons. The van der Waals surface area contributed by atoms with Crippen LogP contribution in [0, 0.1) is 19.3 Å². The van der Waals surface area contributed by atoms with E-state index in [2.05, 4.69) is 39.8 Å². The number of aliphatic hydroxyl groups is 1. The standard InChI is InChI=1S/C13H18O/c1-8-5-10-7-13(3,4)12(14)11(10)6-9(8)2/h5-6,12,14H,7H2,1-4H3. The number of hydrogen-bond acceptors (Lipinski definition) is 1. The summed E-state index contributed by atoms with van der Waals surface area (Å²) in [4.78, 5) is 0. The number of fused-ring (bicyclic) bond motifs is 1. The van der Waals surface area contributed by atoms with Crippen LogP contribution in [0.25, 0.3) is 0 Å². The second-order valence-corrected chi connectivity index (χ2v) is 5.20. The molecule has 1 aromatic rings. The van der Waals surface area contributed by atoms with Crippen molar-refractivity contribution < 1.29 is 5.11 Å². The van der Waals surface area contributed by atoms with E-state index < -0.39 is 0 Å². The number of rotatable bonds is 0. The van der Waals surface area contributed by atoms with Crippen molar-refractivity contribution in [1.82, 2.24) is 0 Å². The minimum Gasteiger partial charge on any atom is -0.388 e. The van der Waals surface area contributed by atoms with E-state index in [4.69, 9.17) is 0 Å². The molecular formula is C13H18O. The molecule has 1 atom stereocenters. The van der Waals surface area contributed by atoms with E-state index in [0.717, 1.165) is 12.0 Å². The van der Waals surface area contributed by atoms with Crippen LogP contribution in [0.1, 0.15) is 42.2 Å². The van der Waals surface area contributed by atoms with E-state index in [9.17, 15) is 5.11 Å². The molecule has 1 unspecified atom stereocenters. The lowest BCUT2D eigenvalue weighted by Gasteiger charge is -2.22. The minimum atomic E-state index is -0.295. The molecule has 14 heavy (non-hydrogen) atoms. The first-order valence-corrected chi connectivity index (χ1v) is 5.20. The van der Waals surface area contributed by atoms with Crippen molar-refractivity contribution in [2.24, 2.45) is 5.41 Å². The molecule has 2 rings (SSSR count). The first kappa shape index (κ1) is 9.72. The highest BCUT2D eigenvalue weighted by Crippen LogP contribution is 2.45. The molecule has 0 amide bonds. The predicted octanol–water partition coefficient (Wildman–Crippen LogP) is 2.92. The van der Waals surface area contributed by atoms with Gasteiger partial charge >= 0.3 is 0 Å². The molecule has 0 saturated carbocycles. The summed E-state index contributed by atoms with van der Waals surface area (Å²) >= 11 is 0. The molecule has 0 aliphatic heterocycles. The minimum absolute atomic E-state index is 0.00255. The van der Waals surface area contributed by atoms with Gasteiger partial charge < -0.3 is 5.11 Å². The van der Waals surface area contributed by atoms with Crippen LogP contribution < -0.4 is 0 Å². The Hall–Kier alpha value is -0.820. The lowest BCUT2D eigenvalue weighted by Crippen LogP contribution is -2.16. The third kappa shape index (κ3) is 1.27. The van der Waals surface area contributed by atoms with Crippen LogP contribution in [-0.4, -0.2) is 5.11 Å². The Balaban J connectivity index is 2.55. The highest BCUT2D eigenvalue weighted by Gasteiger charge is 2.37. The molecule has 1 heteroatoms. The average Bonchev–Trinajstić information content (AvgIpc) is 2.28. The van der Waals surface area contributed by atoms with E-state index in [1.165, 1.54) is 16.7 Å². The largest absolute Gasteiger partial charge is 0.388 e. The van der Waals surface area contributed by atoms with Gasteiger partial charge in [0.25, 0.3) is 0 Å². The molecule has 76 valence electrons. The number of hydrogen-bond donors (Lipinski definition) is 1. The molecule has 0 saturated heterocycles. The fourth-order valence-corrected chi connectivity index (χ4v) is 2.31. The topological polar surface area (TPSA) is 20.2 Å². The van der Waals surface area contributed by atoms with Crippen LogP contribution in [0.5, 0.6) is 0 Å². The van der Waals surface area contributed by atoms with E-state index in [0.29, 0.717) is 0 Å². The Morgan fingerprint density at radius 3 is 2.43 bits per heavy atom. The van der Waals surface area contributed by atoms with Crippen molar-refractivity contribution in [2.75, 3.05) is 0 Å². The molecule has 0 fully saturated rings. The van der Waals surface area contributed by atoms with Gasteiger partial charge in [-0.25, -0.2) is 0 Å². The fourth-order valence-electron chi connectivity index (χ4n) is 2.31. The number of aryl methyl sites for hydroxylation is 2. The van der Waals surface area contributed by atoms with Crippen molar-refractivity contribution >= 4 is 0 Å². The Bertz CT molecular complexity index is 377. The summed E-state index contributed by atoms with van der Waals surface area (Å²) in [6.07, 6.45) is 0.696. The molecule has 0 heterocycles. The highest BCUT2D eigenvalue weighted by molar-refractivity contribution is 5.42. The van der Waals surface area contributed by atoms with Gasteiger partial charge in [-0.3, -0.25) is 0 Å². The summed E-state index contributed by atoms with van der Waals surface area (Å²) in [5.74, 6) is 0. The maximum atomic E-state index is 10.1. The van der Waals surface area contributed by atoms with E-state index in [1.54, 1.807) is 0 Å². The van der Waals surface area contributed by atoms with E-state index in [1.807, 2.05) is 0 Å². The van der Waals surface area contributed by atoms with Crippen LogP contribution >= 0.6 is 0 Å². The Morgan fingerprint density at radius 2 is 1.79 bits per heavy atom. The zero-order valence-electron chi connectivity index (χ0n) is 9.39. The van der Waals surface area contributed by atoms with Crippen molar-refractivity contribution in [3.05, 3.63) is 34.4 Å². The third-order valence-corrected chi connectivity index (χ3v) is 3.44. The summed E-state index contributed by atoms with van der Waals surface area (Å²) in [5.41, 5.74) is 5.07. The molecule has 1 aliphatic carbocycles. The third-order valence-electron chi connectivity index (χ3n) is 3.44. The average molecular weight is 190 g/mol. The first-order chi connectivity index (χ1) is 6.42. The summed E-state index contributed by atoms with van der Waals surface area (Å²) in [6, 6.07) is 4.37. The van der Waals surface area contributed by atoms with Crippen molar-refractivity contribution in [1.29, 1.82) is 0 Å². The first-order valence-electron chi connectivity index (χ1n) is 5.20. The zero-order valence-corrected chi connectivity index (χ0v) is 9.39.